The molecule has 0 atom stereocenters. The second-order valence-electron chi connectivity index (χ2n) is 6.23. The molecule has 0 bridgehead atoms. The summed E-state index contributed by atoms with van der Waals surface area (Å²) in [7, 11) is 0. The molecule has 1 amide bonds. The number of nitrogens with zero attached hydrogens (tertiary/aromatic N) is 1. The molecule has 2 aromatic carbocycles. The Hall–Kier alpha value is -3.81. The summed E-state index contributed by atoms with van der Waals surface area (Å²) in [6.07, 6.45) is -1.73. The fourth-order valence-corrected chi connectivity index (χ4v) is 2.90. The summed E-state index contributed by atoms with van der Waals surface area (Å²) in [6, 6.07) is 15.6. The summed E-state index contributed by atoms with van der Waals surface area (Å²) in [5, 5.41) is 0.358. The molecule has 2 N–H and O–H groups in total. The van der Waals surface area contributed by atoms with Crippen LogP contribution in [0, 0.1) is 0 Å². The summed E-state index contributed by atoms with van der Waals surface area (Å²) in [4.78, 5) is 16.3. The van der Waals surface area contributed by atoms with Gasteiger partial charge in [-0.15, -0.1) is 0 Å². The Bertz CT molecular complexity index is 1150. The monoisotopic (exact) mass is 397 g/mol. The summed E-state index contributed by atoms with van der Waals surface area (Å²) in [5.74, 6) is 0.0778. The maximum absolute atomic E-state index is 13.4. The summed E-state index contributed by atoms with van der Waals surface area (Å²) in [6.45, 7) is 0. The van der Waals surface area contributed by atoms with Gasteiger partial charge in [-0.05, 0) is 53.6 Å². The van der Waals surface area contributed by atoms with Crippen LogP contribution >= 0.6 is 0 Å². The molecule has 8 heteroatoms. The summed E-state index contributed by atoms with van der Waals surface area (Å²) in [5.41, 5.74) is 5.44. The number of carbonyl (C=O) groups is 1. The molecular formula is C21H14F3N3O2. The largest absolute Gasteiger partial charge is 0.464 e. The number of nitrogens with one attached hydrogen (secondary N) is 2. The number of amides is 1. The van der Waals surface area contributed by atoms with E-state index in [0.717, 1.165) is 6.07 Å². The van der Waals surface area contributed by atoms with E-state index in [1.165, 1.54) is 24.5 Å². The van der Waals surface area contributed by atoms with Crippen LogP contribution in [0.1, 0.15) is 15.9 Å². The number of anilines is 1. The predicted octanol–water partition coefficient (Wildman–Crippen LogP) is 5.27. The molecular weight excluding hydrogens is 383 g/mol. The third-order valence-corrected chi connectivity index (χ3v) is 4.31. The van der Waals surface area contributed by atoms with Crippen molar-refractivity contribution in [3.63, 3.8) is 0 Å². The third kappa shape index (κ3) is 3.91. The molecule has 4 rings (SSSR count). The fourth-order valence-electron chi connectivity index (χ4n) is 2.90. The zero-order valence-corrected chi connectivity index (χ0v) is 14.8. The minimum Gasteiger partial charge on any atom is -0.464 e. The number of alkyl halides is 3. The van der Waals surface area contributed by atoms with Gasteiger partial charge in [-0.1, -0.05) is 18.2 Å². The van der Waals surface area contributed by atoms with Crippen molar-refractivity contribution in [3.8, 4) is 11.1 Å². The van der Waals surface area contributed by atoms with Crippen LogP contribution in [-0.2, 0) is 6.18 Å². The number of carbonyl (C=O) groups excluding carboxylic acids is 1. The van der Waals surface area contributed by atoms with Crippen LogP contribution in [0.2, 0.25) is 0 Å². The summed E-state index contributed by atoms with van der Waals surface area (Å²) >= 11 is 0. The molecule has 2 heterocycles. The number of pyridine rings is 1. The molecule has 5 nitrogen and oxygen atoms in total. The molecule has 0 aliphatic carbocycles. The van der Waals surface area contributed by atoms with Gasteiger partial charge in [-0.25, -0.2) is 4.98 Å². The molecule has 29 heavy (non-hydrogen) atoms. The number of furan rings is 1. The highest BCUT2D eigenvalue weighted by molar-refractivity contribution is 5.95. The number of benzene rings is 2. The number of hydrogen-bond acceptors (Lipinski definition) is 4. The van der Waals surface area contributed by atoms with E-state index in [2.05, 4.69) is 15.8 Å². The van der Waals surface area contributed by atoms with Crippen LogP contribution in [0.15, 0.2) is 77.5 Å². The van der Waals surface area contributed by atoms with E-state index in [4.69, 9.17) is 4.42 Å². The third-order valence-electron chi connectivity index (χ3n) is 4.31. The molecule has 2 aromatic heterocycles. The minimum atomic E-state index is -4.54. The van der Waals surface area contributed by atoms with Crippen molar-refractivity contribution in [1.29, 1.82) is 0 Å². The highest BCUT2D eigenvalue weighted by Crippen LogP contribution is 2.38. The Morgan fingerprint density at radius 2 is 1.76 bits per heavy atom. The number of hydrogen-bond donors (Lipinski definition) is 2. The topological polar surface area (TPSA) is 67.2 Å². The van der Waals surface area contributed by atoms with E-state index in [1.807, 2.05) is 0 Å². The lowest BCUT2D eigenvalue weighted by Crippen LogP contribution is -2.29. The van der Waals surface area contributed by atoms with E-state index in [9.17, 15) is 18.0 Å². The molecule has 146 valence electrons. The number of halogens is 3. The normalized spacial score (nSPS) is 11.4. The van der Waals surface area contributed by atoms with Gasteiger partial charge in [0.25, 0.3) is 5.91 Å². The van der Waals surface area contributed by atoms with Gasteiger partial charge in [0.1, 0.15) is 11.4 Å². The Kier molecular flexibility index (Phi) is 4.67. The van der Waals surface area contributed by atoms with Gasteiger partial charge in [-0.3, -0.25) is 15.6 Å². The van der Waals surface area contributed by atoms with Crippen LogP contribution in [0.3, 0.4) is 0 Å². The highest BCUT2D eigenvalue weighted by atomic mass is 19.4. The lowest BCUT2D eigenvalue weighted by molar-refractivity contribution is -0.136. The maximum Gasteiger partial charge on any atom is 0.420 e. The standard InChI is InChI=1S/C21H14F3N3O2/c22-21(23,24)17-12-16(11-15-8-10-29-19(15)17)13-4-6-14(7-5-13)20(28)27-26-18-3-1-2-9-25-18/h1-12H,(H,25,26)(H,27,28). The van der Waals surface area contributed by atoms with Crippen LogP contribution in [0.25, 0.3) is 22.1 Å². The molecule has 0 aliphatic heterocycles. The van der Waals surface area contributed by atoms with Crippen molar-refractivity contribution in [2.75, 3.05) is 5.43 Å². The molecule has 0 spiro atoms. The van der Waals surface area contributed by atoms with Gasteiger partial charge in [0, 0.05) is 17.1 Å². The molecule has 0 saturated carbocycles. The zero-order valence-electron chi connectivity index (χ0n) is 14.8. The van der Waals surface area contributed by atoms with Gasteiger partial charge in [0.05, 0.1) is 11.8 Å². The molecule has 4 aromatic rings. The second kappa shape index (κ2) is 7.31. The first kappa shape index (κ1) is 18.5. The Balaban J connectivity index is 1.57. The maximum atomic E-state index is 13.4. The van der Waals surface area contributed by atoms with Crippen molar-refractivity contribution in [2.45, 2.75) is 6.18 Å². The number of aromatic nitrogens is 1. The molecule has 0 aliphatic rings. The van der Waals surface area contributed by atoms with Gasteiger partial charge < -0.3 is 4.42 Å². The Morgan fingerprint density at radius 3 is 2.45 bits per heavy atom. The first-order chi connectivity index (χ1) is 13.9. The van der Waals surface area contributed by atoms with Crippen LogP contribution in [0.5, 0.6) is 0 Å². The fraction of sp³-hybridized carbons (Fsp3) is 0.0476. The molecule has 0 fully saturated rings. The van der Waals surface area contributed by atoms with Crippen LogP contribution in [0.4, 0.5) is 19.0 Å². The zero-order chi connectivity index (χ0) is 20.4. The number of fused-ring (bicyclic) bond motifs is 1. The SMILES string of the molecule is O=C(NNc1ccccn1)c1ccc(-c2cc(C(F)(F)F)c3occc3c2)cc1. The van der Waals surface area contributed by atoms with Crippen molar-refractivity contribution in [2.24, 2.45) is 0 Å². The quantitative estimate of drug-likeness (QED) is 0.461. The van der Waals surface area contributed by atoms with E-state index < -0.39 is 17.6 Å². The number of rotatable bonds is 4. The van der Waals surface area contributed by atoms with E-state index >= 15 is 0 Å². The average Bonchev–Trinajstić information content (AvgIpc) is 3.20. The van der Waals surface area contributed by atoms with Gasteiger partial charge in [-0.2, -0.15) is 13.2 Å². The van der Waals surface area contributed by atoms with Gasteiger partial charge in [0.15, 0.2) is 0 Å². The second-order valence-corrected chi connectivity index (χ2v) is 6.23. The van der Waals surface area contributed by atoms with Crippen molar-refractivity contribution in [1.82, 2.24) is 10.4 Å². The first-order valence-corrected chi connectivity index (χ1v) is 8.58. The lowest BCUT2D eigenvalue weighted by Gasteiger charge is -2.11. The highest BCUT2D eigenvalue weighted by Gasteiger charge is 2.34. The predicted molar refractivity (Wildman–Crippen MR) is 102 cm³/mol. The van der Waals surface area contributed by atoms with Crippen LogP contribution in [-0.4, -0.2) is 10.9 Å². The average molecular weight is 397 g/mol. The van der Waals surface area contributed by atoms with E-state index in [-0.39, 0.29) is 5.58 Å². The lowest BCUT2D eigenvalue weighted by atomic mass is 9.99. The Morgan fingerprint density at radius 1 is 0.966 bits per heavy atom. The Labute approximate surface area is 163 Å². The molecule has 0 saturated heterocycles. The van der Waals surface area contributed by atoms with Gasteiger partial charge >= 0.3 is 6.18 Å². The molecule has 0 unspecified atom stereocenters. The van der Waals surface area contributed by atoms with E-state index in [1.54, 1.807) is 42.6 Å². The van der Waals surface area contributed by atoms with Crippen molar-refractivity contribution in [3.05, 3.63) is 84.3 Å². The van der Waals surface area contributed by atoms with Crippen LogP contribution < -0.4 is 10.9 Å². The molecule has 0 radical (unpaired) electrons. The smallest absolute Gasteiger partial charge is 0.420 e. The number of hydrazine groups is 1. The van der Waals surface area contributed by atoms with Crippen molar-refractivity contribution >= 4 is 22.7 Å². The van der Waals surface area contributed by atoms with Gasteiger partial charge in [0.2, 0.25) is 0 Å². The summed E-state index contributed by atoms with van der Waals surface area (Å²) < 4.78 is 45.1. The minimum absolute atomic E-state index is 0.196. The van der Waals surface area contributed by atoms with E-state index in [0.29, 0.717) is 27.9 Å². The first-order valence-electron chi connectivity index (χ1n) is 8.58. The van der Waals surface area contributed by atoms with Crippen molar-refractivity contribution < 1.29 is 22.4 Å².